The molecule has 0 saturated heterocycles. The Morgan fingerprint density at radius 1 is 1.29 bits per heavy atom. The summed E-state index contributed by atoms with van der Waals surface area (Å²) in [6.07, 6.45) is 2.52. The second-order valence-corrected chi connectivity index (χ2v) is 4.84. The molecule has 2 aromatic rings. The van der Waals surface area contributed by atoms with E-state index in [0.717, 1.165) is 12.1 Å². The van der Waals surface area contributed by atoms with E-state index in [1.807, 2.05) is 24.3 Å². The summed E-state index contributed by atoms with van der Waals surface area (Å²) in [6.45, 7) is 0.919. The summed E-state index contributed by atoms with van der Waals surface area (Å²) in [7, 11) is 1.65. The van der Waals surface area contributed by atoms with Gasteiger partial charge in [0.2, 0.25) is 0 Å². The quantitative estimate of drug-likeness (QED) is 0.427. The number of halogens is 2. The third-order valence-corrected chi connectivity index (χ3v) is 3.24. The maximum atomic E-state index is 13.7. The van der Waals surface area contributed by atoms with Crippen molar-refractivity contribution < 1.29 is 4.39 Å². The molecule has 1 aromatic carbocycles. The van der Waals surface area contributed by atoms with Crippen molar-refractivity contribution in [2.24, 2.45) is 4.99 Å². The maximum absolute atomic E-state index is 13.7. The lowest BCUT2D eigenvalue weighted by Gasteiger charge is -2.12. The number of nitrogens with one attached hydrogen (secondary N) is 2. The van der Waals surface area contributed by atoms with Gasteiger partial charge in [-0.3, -0.25) is 9.98 Å². The number of benzene rings is 1. The third-order valence-electron chi connectivity index (χ3n) is 3.24. The van der Waals surface area contributed by atoms with Gasteiger partial charge in [0.25, 0.3) is 0 Å². The molecule has 5 nitrogen and oxygen atoms in total. The molecule has 0 aliphatic carbocycles. The van der Waals surface area contributed by atoms with Gasteiger partial charge in [0.05, 0.1) is 11.6 Å². The molecule has 24 heavy (non-hydrogen) atoms. The van der Waals surface area contributed by atoms with Crippen molar-refractivity contribution >= 4 is 29.9 Å². The summed E-state index contributed by atoms with van der Waals surface area (Å²) in [5.41, 5.74) is 1.85. The zero-order chi connectivity index (χ0) is 16.5. The van der Waals surface area contributed by atoms with Crippen LogP contribution in [0.1, 0.15) is 16.8 Å². The van der Waals surface area contributed by atoms with E-state index in [0.29, 0.717) is 23.6 Å². The molecular weight excluding hydrogens is 420 g/mol. The molecule has 0 radical (unpaired) electrons. The summed E-state index contributed by atoms with van der Waals surface area (Å²) < 4.78 is 13.7. The van der Waals surface area contributed by atoms with Crippen molar-refractivity contribution in [3.63, 3.8) is 0 Å². The number of aromatic nitrogens is 1. The zero-order valence-electron chi connectivity index (χ0n) is 13.3. The first-order chi connectivity index (χ1) is 11.2. The Hall–Kier alpha value is -2.21. The normalized spacial score (nSPS) is 10.5. The third kappa shape index (κ3) is 6.12. The van der Waals surface area contributed by atoms with Gasteiger partial charge < -0.3 is 10.6 Å². The highest BCUT2D eigenvalue weighted by molar-refractivity contribution is 14.0. The fraction of sp³-hybridized carbons (Fsp3) is 0.235. The van der Waals surface area contributed by atoms with Crippen LogP contribution in [0, 0.1) is 17.1 Å². The highest BCUT2D eigenvalue weighted by atomic mass is 127. The number of nitrogens with zero attached hydrogens (tertiary/aromatic N) is 3. The van der Waals surface area contributed by atoms with Crippen LogP contribution >= 0.6 is 24.0 Å². The average molecular weight is 439 g/mol. The van der Waals surface area contributed by atoms with E-state index in [-0.39, 0.29) is 36.3 Å². The first-order valence-corrected chi connectivity index (χ1v) is 7.26. The van der Waals surface area contributed by atoms with Crippen molar-refractivity contribution in [2.45, 2.75) is 13.0 Å². The Labute approximate surface area is 158 Å². The largest absolute Gasteiger partial charge is 0.356 e. The summed E-state index contributed by atoms with van der Waals surface area (Å²) >= 11 is 0. The van der Waals surface area contributed by atoms with E-state index >= 15 is 0 Å². The SMILES string of the molecule is CN=C(NCCc1ccccn1)NCc1cc(C#N)ccc1F.I. The van der Waals surface area contributed by atoms with Crippen LogP contribution in [-0.2, 0) is 13.0 Å². The van der Waals surface area contributed by atoms with Crippen LogP contribution in [0.15, 0.2) is 47.6 Å². The number of hydrogen-bond acceptors (Lipinski definition) is 3. The number of nitriles is 1. The maximum Gasteiger partial charge on any atom is 0.191 e. The van der Waals surface area contributed by atoms with Gasteiger partial charge in [-0.25, -0.2) is 4.39 Å². The van der Waals surface area contributed by atoms with Crippen molar-refractivity contribution in [3.05, 3.63) is 65.2 Å². The van der Waals surface area contributed by atoms with Gasteiger partial charge >= 0.3 is 0 Å². The Bertz CT molecular complexity index is 713. The number of pyridine rings is 1. The average Bonchev–Trinajstić information content (AvgIpc) is 2.60. The van der Waals surface area contributed by atoms with Gasteiger partial charge in [0.15, 0.2) is 5.96 Å². The molecule has 0 fully saturated rings. The molecule has 0 aliphatic rings. The van der Waals surface area contributed by atoms with Crippen molar-refractivity contribution in [3.8, 4) is 6.07 Å². The van der Waals surface area contributed by atoms with Gasteiger partial charge in [-0.1, -0.05) is 6.07 Å². The first-order valence-electron chi connectivity index (χ1n) is 7.26. The minimum absolute atomic E-state index is 0. The van der Waals surface area contributed by atoms with E-state index < -0.39 is 0 Å². The van der Waals surface area contributed by atoms with Crippen molar-refractivity contribution in [2.75, 3.05) is 13.6 Å². The van der Waals surface area contributed by atoms with Crippen LogP contribution < -0.4 is 10.6 Å². The minimum Gasteiger partial charge on any atom is -0.356 e. The molecule has 126 valence electrons. The molecule has 0 aliphatic heterocycles. The molecule has 0 saturated carbocycles. The van der Waals surface area contributed by atoms with E-state index in [9.17, 15) is 4.39 Å². The lowest BCUT2D eigenvalue weighted by atomic mass is 10.1. The molecular formula is C17H19FIN5. The molecule has 1 aromatic heterocycles. The molecule has 1 heterocycles. The van der Waals surface area contributed by atoms with Crippen LogP contribution in [0.25, 0.3) is 0 Å². The lowest BCUT2D eigenvalue weighted by Crippen LogP contribution is -2.38. The zero-order valence-corrected chi connectivity index (χ0v) is 15.6. The van der Waals surface area contributed by atoms with E-state index in [1.54, 1.807) is 13.2 Å². The topological polar surface area (TPSA) is 73.1 Å². The predicted octanol–water partition coefficient (Wildman–Crippen LogP) is 2.62. The Kier molecular flexibility index (Phi) is 8.71. The lowest BCUT2D eigenvalue weighted by molar-refractivity contribution is 0.604. The summed E-state index contributed by atoms with van der Waals surface area (Å²) in [5, 5.41) is 15.0. The molecule has 0 amide bonds. The smallest absolute Gasteiger partial charge is 0.191 e. The number of guanidine groups is 1. The van der Waals surface area contributed by atoms with Crippen LogP contribution in [-0.4, -0.2) is 24.5 Å². The molecule has 2 rings (SSSR count). The standard InChI is InChI=1S/C17H18FN5.HI/c1-20-17(22-9-7-15-4-2-3-8-21-15)23-12-14-10-13(11-19)5-6-16(14)18;/h2-6,8,10H,7,9,12H2,1H3,(H2,20,22,23);1H. The fourth-order valence-corrected chi connectivity index (χ4v) is 2.03. The second-order valence-electron chi connectivity index (χ2n) is 4.84. The van der Waals surface area contributed by atoms with Crippen LogP contribution in [0.2, 0.25) is 0 Å². The second kappa shape index (κ2) is 10.5. The number of aliphatic imine (C=N–C) groups is 1. The molecule has 7 heteroatoms. The van der Waals surface area contributed by atoms with Gasteiger partial charge in [-0.05, 0) is 30.3 Å². The van der Waals surface area contributed by atoms with E-state index in [2.05, 4.69) is 20.6 Å². The fourth-order valence-electron chi connectivity index (χ4n) is 2.03. The van der Waals surface area contributed by atoms with Crippen molar-refractivity contribution in [1.82, 2.24) is 15.6 Å². The number of hydrogen-bond donors (Lipinski definition) is 2. The molecule has 0 unspecified atom stereocenters. The molecule has 0 spiro atoms. The van der Waals surface area contributed by atoms with Gasteiger partial charge in [-0.15, -0.1) is 24.0 Å². The van der Waals surface area contributed by atoms with Gasteiger partial charge in [-0.2, -0.15) is 5.26 Å². The highest BCUT2D eigenvalue weighted by Crippen LogP contribution is 2.09. The van der Waals surface area contributed by atoms with Crippen LogP contribution in [0.4, 0.5) is 4.39 Å². The van der Waals surface area contributed by atoms with Gasteiger partial charge in [0, 0.05) is 44.0 Å². The summed E-state index contributed by atoms with van der Waals surface area (Å²) in [5.74, 6) is 0.225. The highest BCUT2D eigenvalue weighted by Gasteiger charge is 2.05. The summed E-state index contributed by atoms with van der Waals surface area (Å²) in [6, 6.07) is 12.1. The monoisotopic (exact) mass is 439 g/mol. The summed E-state index contributed by atoms with van der Waals surface area (Å²) in [4.78, 5) is 8.34. The van der Waals surface area contributed by atoms with Crippen molar-refractivity contribution in [1.29, 1.82) is 5.26 Å². The Balaban J connectivity index is 0.00000288. The van der Waals surface area contributed by atoms with Gasteiger partial charge in [0.1, 0.15) is 5.82 Å². The van der Waals surface area contributed by atoms with Crippen LogP contribution in [0.5, 0.6) is 0 Å². The molecule has 2 N–H and O–H groups in total. The van der Waals surface area contributed by atoms with E-state index in [1.165, 1.54) is 18.2 Å². The minimum atomic E-state index is -0.347. The Morgan fingerprint density at radius 3 is 2.79 bits per heavy atom. The first kappa shape index (κ1) is 19.8. The molecule has 0 bridgehead atoms. The van der Waals surface area contributed by atoms with Crippen LogP contribution in [0.3, 0.4) is 0 Å². The molecule has 0 atom stereocenters. The predicted molar refractivity (Wildman–Crippen MR) is 103 cm³/mol. The van der Waals surface area contributed by atoms with E-state index in [4.69, 9.17) is 5.26 Å². The Morgan fingerprint density at radius 2 is 2.12 bits per heavy atom. The number of rotatable bonds is 5.